The average Bonchev–Trinajstić information content (AvgIpc) is 3.19. The van der Waals surface area contributed by atoms with Gasteiger partial charge in [-0.05, 0) is 49.2 Å². The lowest BCUT2D eigenvalue weighted by Crippen LogP contribution is -2.25. The first-order chi connectivity index (χ1) is 13.2. The average molecular weight is 365 g/mol. The van der Waals surface area contributed by atoms with Crippen LogP contribution in [0.1, 0.15) is 22.5 Å². The number of hydrogen-bond acceptors (Lipinski definition) is 5. The van der Waals surface area contributed by atoms with Gasteiger partial charge in [-0.1, -0.05) is 18.2 Å². The first kappa shape index (κ1) is 18.5. The van der Waals surface area contributed by atoms with Crippen LogP contribution in [-0.2, 0) is 0 Å². The lowest BCUT2D eigenvalue weighted by molar-refractivity contribution is 0.0926. The van der Waals surface area contributed by atoms with Crippen LogP contribution in [0.15, 0.2) is 59.1 Å². The molecular weight excluding hydrogens is 342 g/mol. The maximum atomic E-state index is 12.2. The van der Waals surface area contributed by atoms with Gasteiger partial charge in [-0.15, -0.1) is 0 Å². The van der Waals surface area contributed by atoms with Gasteiger partial charge in [0, 0.05) is 24.8 Å². The van der Waals surface area contributed by atoms with Gasteiger partial charge in [0.25, 0.3) is 5.91 Å². The lowest BCUT2D eigenvalue weighted by Gasteiger charge is -2.06. The summed E-state index contributed by atoms with van der Waals surface area (Å²) in [7, 11) is 1.61. The quantitative estimate of drug-likeness (QED) is 0.592. The number of furan rings is 1. The predicted octanol–water partition coefficient (Wildman–Crippen LogP) is 3.89. The van der Waals surface area contributed by atoms with Crippen LogP contribution in [0.3, 0.4) is 0 Å². The number of aryl methyl sites for hydroxylation is 1. The summed E-state index contributed by atoms with van der Waals surface area (Å²) in [6, 6.07) is 14.9. The summed E-state index contributed by atoms with van der Waals surface area (Å²) in [6.45, 7) is 3.27. The van der Waals surface area contributed by atoms with Gasteiger partial charge in [-0.3, -0.25) is 4.79 Å². The highest BCUT2D eigenvalue weighted by Crippen LogP contribution is 2.25. The molecular formula is C21H23N3O3. The topological polar surface area (TPSA) is 76.4 Å². The monoisotopic (exact) mass is 365 g/mol. The minimum atomic E-state index is -0.224. The Labute approximate surface area is 158 Å². The number of carbonyl (C=O) groups excluding carboxylic acids is 1. The number of carbonyl (C=O) groups is 1. The predicted molar refractivity (Wildman–Crippen MR) is 105 cm³/mol. The molecule has 0 aliphatic heterocycles. The Morgan fingerprint density at radius 2 is 2.04 bits per heavy atom. The van der Waals surface area contributed by atoms with E-state index < -0.39 is 0 Å². The zero-order chi connectivity index (χ0) is 19.1. The van der Waals surface area contributed by atoms with E-state index in [1.807, 2.05) is 49.5 Å². The number of nitrogens with one attached hydrogen (secondary N) is 2. The van der Waals surface area contributed by atoms with Crippen LogP contribution in [0.25, 0.3) is 11.3 Å². The van der Waals surface area contributed by atoms with Crippen molar-refractivity contribution in [2.75, 3.05) is 25.5 Å². The Balaban J connectivity index is 1.46. The van der Waals surface area contributed by atoms with Crippen LogP contribution in [0.2, 0.25) is 0 Å². The molecule has 0 bridgehead atoms. The van der Waals surface area contributed by atoms with Crippen molar-refractivity contribution >= 4 is 11.7 Å². The maximum absolute atomic E-state index is 12.2. The molecule has 0 fully saturated rings. The summed E-state index contributed by atoms with van der Waals surface area (Å²) >= 11 is 0. The van der Waals surface area contributed by atoms with Gasteiger partial charge in [0.15, 0.2) is 5.76 Å². The normalized spacial score (nSPS) is 10.4. The Kier molecular flexibility index (Phi) is 6.10. The van der Waals surface area contributed by atoms with E-state index in [4.69, 9.17) is 9.15 Å². The molecule has 0 saturated carbocycles. The minimum absolute atomic E-state index is 0.224. The first-order valence-corrected chi connectivity index (χ1v) is 8.85. The summed E-state index contributed by atoms with van der Waals surface area (Å²) in [5.41, 5.74) is 1.99. The summed E-state index contributed by atoms with van der Waals surface area (Å²) in [5.74, 6) is 2.27. The summed E-state index contributed by atoms with van der Waals surface area (Å²) in [4.78, 5) is 16.5. The molecule has 0 unspecified atom stereocenters. The molecule has 0 aliphatic carbocycles. The number of benzene rings is 1. The number of ether oxygens (including phenoxy) is 1. The van der Waals surface area contributed by atoms with E-state index in [1.165, 1.54) is 0 Å². The van der Waals surface area contributed by atoms with E-state index in [9.17, 15) is 4.79 Å². The Morgan fingerprint density at radius 1 is 1.15 bits per heavy atom. The number of rotatable bonds is 8. The minimum Gasteiger partial charge on any atom is -0.497 e. The third-order valence-corrected chi connectivity index (χ3v) is 4.04. The fourth-order valence-corrected chi connectivity index (χ4v) is 2.56. The van der Waals surface area contributed by atoms with E-state index >= 15 is 0 Å². The molecule has 6 nitrogen and oxygen atoms in total. The molecule has 1 aromatic carbocycles. The molecule has 1 amide bonds. The van der Waals surface area contributed by atoms with E-state index in [1.54, 1.807) is 19.2 Å². The molecule has 0 saturated heterocycles. The van der Waals surface area contributed by atoms with E-state index in [0.29, 0.717) is 18.1 Å². The molecule has 0 spiro atoms. The molecule has 0 aliphatic rings. The fourth-order valence-electron chi connectivity index (χ4n) is 2.56. The first-order valence-electron chi connectivity index (χ1n) is 8.85. The Morgan fingerprint density at radius 3 is 2.81 bits per heavy atom. The SMILES string of the molecule is COc1cccc(-c2ccc(C(=O)NCCCNc3ccc(C)cn3)o2)c1. The molecule has 27 heavy (non-hydrogen) atoms. The van der Waals surface area contributed by atoms with Gasteiger partial charge in [-0.2, -0.15) is 0 Å². The number of pyridine rings is 1. The molecule has 140 valence electrons. The number of methoxy groups -OCH3 is 1. The molecule has 2 N–H and O–H groups in total. The van der Waals surface area contributed by atoms with Crippen molar-refractivity contribution in [1.82, 2.24) is 10.3 Å². The molecule has 2 aromatic heterocycles. The van der Waals surface area contributed by atoms with Gasteiger partial charge in [0.05, 0.1) is 7.11 Å². The fraction of sp³-hybridized carbons (Fsp3) is 0.238. The molecule has 6 heteroatoms. The van der Waals surface area contributed by atoms with Crippen LogP contribution in [-0.4, -0.2) is 31.1 Å². The van der Waals surface area contributed by atoms with Crippen molar-refractivity contribution in [2.45, 2.75) is 13.3 Å². The number of hydrogen-bond donors (Lipinski definition) is 2. The molecule has 3 aromatic rings. The second kappa shape index (κ2) is 8.89. The van der Waals surface area contributed by atoms with Crippen LogP contribution < -0.4 is 15.4 Å². The van der Waals surface area contributed by atoms with Gasteiger partial charge in [0.1, 0.15) is 17.3 Å². The highest BCUT2D eigenvalue weighted by Gasteiger charge is 2.12. The Hall–Kier alpha value is -3.28. The van der Waals surface area contributed by atoms with E-state index in [-0.39, 0.29) is 5.91 Å². The van der Waals surface area contributed by atoms with Crippen LogP contribution >= 0.6 is 0 Å². The molecule has 2 heterocycles. The lowest BCUT2D eigenvalue weighted by atomic mass is 10.2. The summed E-state index contributed by atoms with van der Waals surface area (Å²) in [6.07, 6.45) is 2.60. The molecule has 0 atom stereocenters. The van der Waals surface area contributed by atoms with Crippen LogP contribution in [0, 0.1) is 6.92 Å². The smallest absolute Gasteiger partial charge is 0.287 e. The van der Waals surface area contributed by atoms with E-state index in [2.05, 4.69) is 15.6 Å². The van der Waals surface area contributed by atoms with Gasteiger partial charge in [0.2, 0.25) is 0 Å². The number of nitrogens with zero attached hydrogens (tertiary/aromatic N) is 1. The number of aromatic nitrogens is 1. The second-order valence-electron chi connectivity index (χ2n) is 6.15. The maximum Gasteiger partial charge on any atom is 0.287 e. The molecule has 3 rings (SSSR count). The van der Waals surface area contributed by atoms with Crippen molar-refractivity contribution in [3.05, 3.63) is 66.1 Å². The highest BCUT2D eigenvalue weighted by atomic mass is 16.5. The highest BCUT2D eigenvalue weighted by molar-refractivity contribution is 5.92. The van der Waals surface area contributed by atoms with Gasteiger partial charge in [-0.25, -0.2) is 4.98 Å². The van der Waals surface area contributed by atoms with Crippen molar-refractivity contribution < 1.29 is 13.9 Å². The second-order valence-corrected chi connectivity index (χ2v) is 6.15. The van der Waals surface area contributed by atoms with Crippen molar-refractivity contribution in [2.24, 2.45) is 0 Å². The molecule has 0 radical (unpaired) electrons. The number of anilines is 1. The largest absolute Gasteiger partial charge is 0.497 e. The van der Waals surface area contributed by atoms with Crippen molar-refractivity contribution in [1.29, 1.82) is 0 Å². The van der Waals surface area contributed by atoms with Crippen LogP contribution in [0.5, 0.6) is 5.75 Å². The standard InChI is InChI=1S/C21H23N3O3/c1-15-7-10-20(24-14-15)22-11-4-12-23-21(25)19-9-8-18(27-19)16-5-3-6-17(13-16)26-2/h3,5-10,13-14H,4,11-12H2,1-2H3,(H,22,24)(H,23,25). The zero-order valence-electron chi connectivity index (χ0n) is 15.5. The summed E-state index contributed by atoms with van der Waals surface area (Å²) in [5, 5.41) is 6.09. The number of amides is 1. The van der Waals surface area contributed by atoms with Gasteiger partial charge < -0.3 is 19.8 Å². The van der Waals surface area contributed by atoms with Crippen molar-refractivity contribution in [3.63, 3.8) is 0 Å². The van der Waals surface area contributed by atoms with Crippen LogP contribution in [0.4, 0.5) is 5.82 Å². The third-order valence-electron chi connectivity index (χ3n) is 4.04. The summed E-state index contributed by atoms with van der Waals surface area (Å²) < 4.78 is 10.9. The third kappa shape index (κ3) is 5.10. The van der Waals surface area contributed by atoms with Gasteiger partial charge >= 0.3 is 0 Å². The van der Waals surface area contributed by atoms with Crippen molar-refractivity contribution in [3.8, 4) is 17.1 Å². The zero-order valence-corrected chi connectivity index (χ0v) is 15.5. The van der Waals surface area contributed by atoms with E-state index in [0.717, 1.165) is 35.7 Å². The Bertz CT molecular complexity index is 888.